The van der Waals surface area contributed by atoms with E-state index in [9.17, 15) is 9.59 Å². The van der Waals surface area contributed by atoms with E-state index in [2.05, 4.69) is 20.9 Å². The number of benzene rings is 1. The number of aromatic nitrogens is 1. The molecule has 2 aromatic rings. The third-order valence-corrected chi connectivity index (χ3v) is 4.80. The quantitative estimate of drug-likeness (QED) is 0.808. The first kappa shape index (κ1) is 17.6. The second-order valence-corrected chi connectivity index (χ2v) is 7.27. The molecule has 0 atom stereocenters. The van der Waals surface area contributed by atoms with Crippen molar-refractivity contribution in [3.8, 4) is 0 Å². The highest BCUT2D eigenvalue weighted by atomic mass is 79.9. The normalized spacial score (nSPS) is 10.6. The third kappa shape index (κ3) is 4.87. The van der Waals surface area contributed by atoms with Gasteiger partial charge in [-0.3, -0.25) is 9.59 Å². The molecule has 0 unspecified atom stereocenters. The highest BCUT2D eigenvalue weighted by Crippen LogP contribution is 2.21. The molecule has 2 rings (SSSR count). The van der Waals surface area contributed by atoms with Crippen LogP contribution >= 0.6 is 27.3 Å². The van der Waals surface area contributed by atoms with Gasteiger partial charge in [0.05, 0.1) is 17.1 Å². The first-order valence-electron chi connectivity index (χ1n) is 7.06. The zero-order valence-corrected chi connectivity index (χ0v) is 15.3. The van der Waals surface area contributed by atoms with Gasteiger partial charge in [-0.05, 0) is 31.5 Å². The fourth-order valence-electron chi connectivity index (χ4n) is 2.21. The molecule has 0 radical (unpaired) electrons. The number of aliphatic carboxylic acids is 1. The van der Waals surface area contributed by atoms with E-state index in [1.165, 1.54) is 11.3 Å². The van der Waals surface area contributed by atoms with Gasteiger partial charge in [0, 0.05) is 17.6 Å². The van der Waals surface area contributed by atoms with E-state index < -0.39 is 5.97 Å². The maximum absolute atomic E-state index is 12.8. The molecule has 0 saturated heterocycles. The number of rotatable bonds is 6. The molecule has 0 spiro atoms. The zero-order chi connectivity index (χ0) is 17.0. The van der Waals surface area contributed by atoms with Gasteiger partial charge in [0.2, 0.25) is 0 Å². The summed E-state index contributed by atoms with van der Waals surface area (Å²) in [7, 11) is 0. The highest BCUT2D eigenvalue weighted by molar-refractivity contribution is 9.10. The summed E-state index contributed by atoms with van der Waals surface area (Å²) in [5, 5.41) is 9.75. The average Bonchev–Trinajstić information content (AvgIpc) is 2.81. The SMILES string of the molecule is Cc1nc(C)c(C(=O)N(CCC(=O)O)Cc2cccc(Br)c2)s1. The lowest BCUT2D eigenvalue weighted by Gasteiger charge is -2.22. The Hall–Kier alpha value is -1.73. The lowest BCUT2D eigenvalue weighted by molar-refractivity contribution is -0.137. The molecule has 5 nitrogen and oxygen atoms in total. The molecule has 7 heteroatoms. The van der Waals surface area contributed by atoms with Crippen LogP contribution in [0.1, 0.15) is 32.4 Å². The van der Waals surface area contributed by atoms with Gasteiger partial charge < -0.3 is 10.0 Å². The Morgan fingerprint density at radius 3 is 2.65 bits per heavy atom. The van der Waals surface area contributed by atoms with Crippen LogP contribution in [0.15, 0.2) is 28.7 Å². The molecule has 0 aliphatic carbocycles. The van der Waals surface area contributed by atoms with E-state index in [1.807, 2.05) is 31.2 Å². The van der Waals surface area contributed by atoms with Crippen LogP contribution in [0, 0.1) is 13.8 Å². The van der Waals surface area contributed by atoms with Gasteiger partial charge in [0.15, 0.2) is 0 Å². The summed E-state index contributed by atoms with van der Waals surface area (Å²) < 4.78 is 0.922. The Balaban J connectivity index is 2.24. The summed E-state index contributed by atoms with van der Waals surface area (Å²) in [6.45, 7) is 4.18. The topological polar surface area (TPSA) is 70.5 Å². The van der Waals surface area contributed by atoms with Gasteiger partial charge in [-0.2, -0.15) is 0 Å². The van der Waals surface area contributed by atoms with Crippen molar-refractivity contribution >= 4 is 39.1 Å². The van der Waals surface area contributed by atoms with E-state index in [-0.39, 0.29) is 18.9 Å². The van der Waals surface area contributed by atoms with Crippen molar-refractivity contribution in [3.63, 3.8) is 0 Å². The average molecular weight is 397 g/mol. The molecule has 0 aliphatic heterocycles. The largest absolute Gasteiger partial charge is 0.481 e. The first-order valence-corrected chi connectivity index (χ1v) is 8.67. The van der Waals surface area contributed by atoms with Crippen molar-refractivity contribution in [2.45, 2.75) is 26.8 Å². The molecule has 1 amide bonds. The second-order valence-electron chi connectivity index (χ2n) is 5.15. The minimum Gasteiger partial charge on any atom is -0.481 e. The third-order valence-electron chi connectivity index (χ3n) is 3.24. The van der Waals surface area contributed by atoms with Crippen LogP contribution in [0.5, 0.6) is 0 Å². The van der Waals surface area contributed by atoms with Crippen LogP contribution in [0.2, 0.25) is 0 Å². The molecular weight excluding hydrogens is 380 g/mol. The Morgan fingerprint density at radius 2 is 2.09 bits per heavy atom. The van der Waals surface area contributed by atoms with Gasteiger partial charge >= 0.3 is 5.97 Å². The summed E-state index contributed by atoms with van der Waals surface area (Å²) in [6.07, 6.45) is -0.0867. The smallest absolute Gasteiger partial charge is 0.305 e. The summed E-state index contributed by atoms with van der Waals surface area (Å²) in [5.41, 5.74) is 1.63. The number of hydrogen-bond donors (Lipinski definition) is 1. The first-order chi connectivity index (χ1) is 10.9. The van der Waals surface area contributed by atoms with Crippen molar-refractivity contribution in [1.29, 1.82) is 0 Å². The Labute approximate surface area is 147 Å². The molecule has 23 heavy (non-hydrogen) atoms. The predicted molar refractivity (Wildman–Crippen MR) is 92.7 cm³/mol. The number of halogens is 1. The Morgan fingerprint density at radius 1 is 1.35 bits per heavy atom. The number of aryl methyl sites for hydroxylation is 2. The lowest BCUT2D eigenvalue weighted by Crippen LogP contribution is -2.32. The van der Waals surface area contributed by atoms with Gasteiger partial charge in [-0.1, -0.05) is 28.1 Å². The zero-order valence-electron chi connectivity index (χ0n) is 12.9. The van der Waals surface area contributed by atoms with Crippen LogP contribution in [0.4, 0.5) is 0 Å². The lowest BCUT2D eigenvalue weighted by atomic mass is 10.2. The summed E-state index contributed by atoms with van der Waals surface area (Å²) in [4.78, 5) is 30.1. The van der Waals surface area contributed by atoms with E-state index in [1.54, 1.807) is 11.8 Å². The standard InChI is InChI=1S/C16H17BrN2O3S/c1-10-15(23-11(2)18-10)16(22)19(7-6-14(20)21)9-12-4-3-5-13(17)8-12/h3-5,8H,6-7,9H2,1-2H3,(H,20,21). The summed E-state index contributed by atoms with van der Waals surface area (Å²) in [6, 6.07) is 7.63. The van der Waals surface area contributed by atoms with Gasteiger partial charge in [0.1, 0.15) is 4.88 Å². The van der Waals surface area contributed by atoms with E-state index in [0.29, 0.717) is 17.1 Å². The van der Waals surface area contributed by atoms with E-state index >= 15 is 0 Å². The van der Waals surface area contributed by atoms with Crippen molar-refractivity contribution in [3.05, 3.63) is 49.9 Å². The van der Waals surface area contributed by atoms with Crippen molar-refractivity contribution in [2.24, 2.45) is 0 Å². The van der Waals surface area contributed by atoms with Crippen molar-refractivity contribution in [1.82, 2.24) is 9.88 Å². The number of hydrogen-bond acceptors (Lipinski definition) is 4. The molecule has 0 fully saturated rings. The van der Waals surface area contributed by atoms with Gasteiger partial charge in [-0.25, -0.2) is 4.98 Å². The van der Waals surface area contributed by atoms with E-state index in [0.717, 1.165) is 15.0 Å². The van der Waals surface area contributed by atoms with Crippen LogP contribution in [0.25, 0.3) is 0 Å². The monoisotopic (exact) mass is 396 g/mol. The number of carbonyl (C=O) groups excluding carboxylic acids is 1. The molecule has 0 saturated carbocycles. The van der Waals surface area contributed by atoms with Gasteiger partial charge in [0.25, 0.3) is 5.91 Å². The number of carbonyl (C=O) groups is 2. The maximum Gasteiger partial charge on any atom is 0.305 e. The number of carboxylic acids is 1. The van der Waals surface area contributed by atoms with Crippen LogP contribution < -0.4 is 0 Å². The molecule has 0 bridgehead atoms. The number of carboxylic acid groups (broad SMARTS) is 1. The van der Waals surface area contributed by atoms with Crippen LogP contribution in [-0.4, -0.2) is 33.4 Å². The maximum atomic E-state index is 12.8. The summed E-state index contributed by atoms with van der Waals surface area (Å²) in [5.74, 6) is -1.09. The molecular formula is C16H17BrN2O3S. The minimum absolute atomic E-state index is 0.0867. The van der Waals surface area contributed by atoms with Crippen LogP contribution in [-0.2, 0) is 11.3 Å². The molecule has 1 heterocycles. The number of amides is 1. The Kier molecular flexibility index (Phi) is 5.90. The minimum atomic E-state index is -0.922. The highest BCUT2D eigenvalue weighted by Gasteiger charge is 2.21. The van der Waals surface area contributed by atoms with Gasteiger partial charge in [-0.15, -0.1) is 11.3 Å². The summed E-state index contributed by atoms with van der Waals surface area (Å²) >= 11 is 4.75. The fraction of sp³-hybridized carbons (Fsp3) is 0.312. The van der Waals surface area contributed by atoms with E-state index in [4.69, 9.17) is 5.11 Å². The molecule has 122 valence electrons. The molecule has 0 aliphatic rings. The fourth-order valence-corrected chi connectivity index (χ4v) is 3.55. The van der Waals surface area contributed by atoms with Crippen molar-refractivity contribution in [2.75, 3.05) is 6.54 Å². The predicted octanol–water partition coefficient (Wildman–Crippen LogP) is 3.64. The number of thiazole rings is 1. The van der Waals surface area contributed by atoms with Crippen molar-refractivity contribution < 1.29 is 14.7 Å². The molecule has 1 aromatic carbocycles. The number of nitrogens with zero attached hydrogens (tertiary/aromatic N) is 2. The van der Waals surface area contributed by atoms with Crippen LogP contribution in [0.3, 0.4) is 0 Å². The Bertz CT molecular complexity index is 730. The molecule has 1 N–H and O–H groups in total. The molecule has 1 aromatic heterocycles. The second kappa shape index (κ2) is 7.70.